The summed E-state index contributed by atoms with van der Waals surface area (Å²) in [7, 11) is 0. The Morgan fingerprint density at radius 2 is 0.800 bits per heavy atom. The van der Waals surface area contributed by atoms with Gasteiger partial charge < -0.3 is 4.57 Å². The predicted octanol–water partition coefficient (Wildman–Crippen LogP) is 12.3. The van der Waals surface area contributed by atoms with Gasteiger partial charge in [0.15, 0.2) is 17.5 Å². The molecule has 0 amide bonds. The lowest BCUT2D eigenvalue weighted by Crippen LogP contribution is -2.05. The van der Waals surface area contributed by atoms with Crippen LogP contribution in [0.25, 0.3) is 95.0 Å². The first-order valence-electron chi connectivity index (χ1n) is 20.5. The molecular weight excluding hydrogens is 799 g/mol. The number of aromatic nitrogens is 4. The van der Waals surface area contributed by atoms with Gasteiger partial charge in [0.2, 0.25) is 0 Å². The molecule has 0 saturated heterocycles. The van der Waals surface area contributed by atoms with Crippen LogP contribution in [0.15, 0.2) is 176 Å². The number of para-hydroxylation sites is 1. The van der Waals surface area contributed by atoms with E-state index in [1.807, 2.05) is 152 Å². The van der Waals surface area contributed by atoms with Crippen molar-refractivity contribution in [3.63, 3.8) is 0 Å². The van der Waals surface area contributed by atoms with E-state index in [9.17, 15) is 26.3 Å². The van der Waals surface area contributed by atoms with E-state index < -0.39 is 0 Å². The summed E-state index contributed by atoms with van der Waals surface area (Å²) in [6, 6.07) is 66.4. The third kappa shape index (κ3) is 6.86. The van der Waals surface area contributed by atoms with Crippen molar-refractivity contribution in [2.24, 2.45) is 0 Å². The van der Waals surface area contributed by atoms with E-state index in [0.29, 0.717) is 73.2 Å². The summed E-state index contributed by atoms with van der Waals surface area (Å²) in [5.41, 5.74) is 9.85. The Morgan fingerprint density at radius 3 is 1.32 bits per heavy atom. The summed E-state index contributed by atoms with van der Waals surface area (Å²) in [5.74, 6) is 1.36. The molecule has 0 unspecified atom stereocenters. The SMILES string of the molecule is N#Cc1cc(C#N)c(-c2ccc3c(c2)c2ccccc2n3-c2c(-c3ccccc3C#N)cc(-c3nc(-c4ccccc4)nc(-c4ccccc4)n3)cc2-c2ccccc2C#N)c(C#N)c1. The van der Waals surface area contributed by atoms with Crippen molar-refractivity contribution in [2.75, 3.05) is 0 Å². The zero-order valence-corrected chi connectivity index (χ0v) is 34.3. The van der Waals surface area contributed by atoms with Crippen LogP contribution in [0, 0.1) is 56.7 Å². The lowest BCUT2D eigenvalue weighted by molar-refractivity contribution is 1.07. The smallest absolute Gasteiger partial charge is 0.164 e. The molecule has 0 atom stereocenters. The molecule has 9 heteroatoms. The van der Waals surface area contributed by atoms with Gasteiger partial charge in [-0.15, -0.1) is 0 Å². The molecular formula is C56H29N9. The van der Waals surface area contributed by atoms with Crippen molar-refractivity contribution < 1.29 is 0 Å². The Kier molecular flexibility index (Phi) is 9.93. The summed E-state index contributed by atoms with van der Waals surface area (Å²) < 4.78 is 2.15. The summed E-state index contributed by atoms with van der Waals surface area (Å²) in [4.78, 5) is 15.1. The molecule has 65 heavy (non-hydrogen) atoms. The molecule has 0 spiro atoms. The lowest BCUT2D eigenvalue weighted by Gasteiger charge is -2.22. The first-order chi connectivity index (χ1) is 32.0. The van der Waals surface area contributed by atoms with Crippen LogP contribution in [0.5, 0.6) is 0 Å². The van der Waals surface area contributed by atoms with Gasteiger partial charge in [0.25, 0.3) is 0 Å². The normalized spacial score (nSPS) is 10.7. The number of benzene rings is 8. The van der Waals surface area contributed by atoms with Gasteiger partial charge in [-0.2, -0.15) is 26.3 Å². The predicted molar refractivity (Wildman–Crippen MR) is 250 cm³/mol. The van der Waals surface area contributed by atoms with E-state index >= 15 is 0 Å². The average molecular weight is 828 g/mol. The first-order valence-corrected chi connectivity index (χ1v) is 20.5. The van der Waals surface area contributed by atoms with Crippen molar-refractivity contribution in [1.82, 2.24) is 19.5 Å². The maximum Gasteiger partial charge on any atom is 0.164 e. The average Bonchev–Trinajstić information content (AvgIpc) is 3.71. The maximum atomic E-state index is 10.7. The highest BCUT2D eigenvalue weighted by Crippen LogP contribution is 2.46. The van der Waals surface area contributed by atoms with Crippen LogP contribution in [0.4, 0.5) is 0 Å². The molecule has 10 rings (SSSR count). The highest BCUT2D eigenvalue weighted by Gasteiger charge is 2.26. The summed E-state index contributed by atoms with van der Waals surface area (Å²) >= 11 is 0. The molecule has 0 aliphatic heterocycles. The largest absolute Gasteiger partial charge is 0.308 e. The van der Waals surface area contributed by atoms with E-state index in [-0.39, 0.29) is 16.7 Å². The standard InChI is InChI=1S/C56H29N9/c57-30-35-25-42(33-60)52(43(26-35)34-61)38-23-24-51-47(27-38)46-21-11-12-22-50(46)65(51)53-48(44-19-9-7-17-39(44)31-58)28-41(29-49(53)45-20-10-8-18-40(45)32-59)56-63-54(36-13-3-1-4-14-36)62-55(64-56)37-15-5-2-6-16-37/h1-29H. The van der Waals surface area contributed by atoms with Crippen molar-refractivity contribution in [1.29, 1.82) is 26.3 Å². The highest BCUT2D eigenvalue weighted by atomic mass is 15.0. The second-order valence-electron chi connectivity index (χ2n) is 15.1. The number of rotatable bonds is 7. The van der Waals surface area contributed by atoms with Crippen LogP contribution in [0.2, 0.25) is 0 Å². The number of hydrogen-bond donors (Lipinski definition) is 0. The maximum absolute atomic E-state index is 10.7. The minimum absolute atomic E-state index is 0.217. The van der Waals surface area contributed by atoms with Gasteiger partial charge in [0.05, 0.1) is 74.9 Å². The van der Waals surface area contributed by atoms with E-state index in [1.165, 1.54) is 12.1 Å². The van der Waals surface area contributed by atoms with Crippen LogP contribution in [-0.2, 0) is 0 Å². The third-order valence-electron chi connectivity index (χ3n) is 11.4. The van der Waals surface area contributed by atoms with Gasteiger partial charge >= 0.3 is 0 Å². The van der Waals surface area contributed by atoms with Crippen molar-refractivity contribution in [3.05, 3.63) is 204 Å². The molecule has 0 N–H and O–H groups in total. The summed E-state index contributed by atoms with van der Waals surface area (Å²) in [6.07, 6.45) is 0. The summed E-state index contributed by atoms with van der Waals surface area (Å²) in [6.45, 7) is 0. The van der Waals surface area contributed by atoms with E-state index in [2.05, 4.69) is 34.9 Å². The molecule has 0 aliphatic rings. The number of hydrogen-bond acceptors (Lipinski definition) is 8. The fraction of sp³-hybridized carbons (Fsp3) is 0. The molecule has 8 aromatic carbocycles. The first kappa shape index (κ1) is 39.2. The van der Waals surface area contributed by atoms with E-state index in [4.69, 9.17) is 15.0 Å². The third-order valence-corrected chi connectivity index (χ3v) is 11.4. The number of nitrogens with zero attached hydrogens (tertiary/aromatic N) is 9. The van der Waals surface area contributed by atoms with E-state index in [0.717, 1.165) is 32.9 Å². The zero-order chi connectivity index (χ0) is 44.4. The molecule has 0 fully saturated rings. The molecule has 2 heterocycles. The second-order valence-corrected chi connectivity index (χ2v) is 15.1. The van der Waals surface area contributed by atoms with Gasteiger partial charge in [-0.05, 0) is 60.2 Å². The van der Waals surface area contributed by atoms with E-state index in [1.54, 1.807) is 12.1 Å². The van der Waals surface area contributed by atoms with Gasteiger partial charge in [-0.1, -0.05) is 121 Å². The molecule has 9 nitrogen and oxygen atoms in total. The molecule has 298 valence electrons. The molecule has 2 aromatic heterocycles. The zero-order valence-electron chi connectivity index (χ0n) is 34.3. The van der Waals surface area contributed by atoms with Gasteiger partial charge in [0, 0.05) is 55.3 Å². The molecule has 10 aromatic rings. The minimum Gasteiger partial charge on any atom is -0.308 e. The monoisotopic (exact) mass is 827 g/mol. The van der Waals surface area contributed by atoms with Gasteiger partial charge in [0.1, 0.15) is 0 Å². The molecule has 0 bridgehead atoms. The topological polar surface area (TPSA) is 163 Å². The Hall–Kier alpha value is -9.98. The van der Waals surface area contributed by atoms with Crippen LogP contribution in [-0.4, -0.2) is 19.5 Å². The Bertz CT molecular complexity index is 3610. The van der Waals surface area contributed by atoms with Crippen LogP contribution < -0.4 is 0 Å². The van der Waals surface area contributed by atoms with Crippen LogP contribution in [0.3, 0.4) is 0 Å². The van der Waals surface area contributed by atoms with Crippen molar-refractivity contribution in [2.45, 2.75) is 0 Å². The number of fused-ring (bicyclic) bond motifs is 3. The quantitative estimate of drug-likeness (QED) is 0.153. The lowest BCUT2D eigenvalue weighted by atomic mass is 9.89. The Balaban J connectivity index is 1.34. The summed E-state index contributed by atoms with van der Waals surface area (Å²) in [5, 5.41) is 53.2. The second kappa shape index (κ2) is 16.5. The van der Waals surface area contributed by atoms with Crippen LogP contribution >= 0.6 is 0 Å². The highest BCUT2D eigenvalue weighted by molar-refractivity contribution is 6.12. The molecule has 0 saturated carbocycles. The minimum atomic E-state index is 0.217. The molecule has 0 aliphatic carbocycles. The van der Waals surface area contributed by atoms with Crippen LogP contribution in [0.1, 0.15) is 27.8 Å². The van der Waals surface area contributed by atoms with Gasteiger partial charge in [-0.25, -0.2) is 15.0 Å². The Morgan fingerprint density at radius 1 is 0.338 bits per heavy atom. The fourth-order valence-electron chi connectivity index (χ4n) is 8.55. The van der Waals surface area contributed by atoms with Gasteiger partial charge in [-0.3, -0.25) is 0 Å². The molecule has 0 radical (unpaired) electrons. The number of nitriles is 5. The fourth-order valence-corrected chi connectivity index (χ4v) is 8.55. The van der Waals surface area contributed by atoms with Crippen molar-refractivity contribution >= 4 is 21.8 Å². The Labute approximate surface area is 373 Å². The van der Waals surface area contributed by atoms with Crippen molar-refractivity contribution in [3.8, 4) is 104 Å².